The van der Waals surface area contributed by atoms with E-state index in [2.05, 4.69) is 0 Å². The van der Waals surface area contributed by atoms with Crippen LogP contribution in [0, 0.1) is 0 Å². The van der Waals surface area contributed by atoms with Crippen LogP contribution >= 0.6 is 22.7 Å². The first-order valence-electron chi connectivity index (χ1n) is 11.9. The molecule has 1 saturated heterocycles. The third kappa shape index (κ3) is 4.96. The Kier molecular flexibility index (Phi) is 7.47. The zero-order valence-electron chi connectivity index (χ0n) is 20.5. The molecule has 194 valence electrons. The minimum atomic E-state index is -3.80. The van der Waals surface area contributed by atoms with Crippen molar-refractivity contribution in [1.29, 1.82) is 0 Å². The predicted octanol–water partition coefficient (Wildman–Crippen LogP) is 5.15. The summed E-state index contributed by atoms with van der Waals surface area (Å²) < 4.78 is 40.5. The molecule has 37 heavy (non-hydrogen) atoms. The third-order valence-corrected chi connectivity index (χ3v) is 10.8. The average Bonchev–Trinajstić information content (AvgIpc) is 3.63. The minimum absolute atomic E-state index is 0.247. The van der Waals surface area contributed by atoms with Gasteiger partial charge in [-0.05, 0) is 42.0 Å². The molecule has 0 bridgehead atoms. The topological polar surface area (TPSA) is 89.0 Å². The second-order valence-electron chi connectivity index (χ2n) is 8.61. The molecule has 0 saturated carbocycles. The summed E-state index contributed by atoms with van der Waals surface area (Å²) in [5.74, 6) is 0.914. The van der Waals surface area contributed by atoms with Gasteiger partial charge in [-0.3, -0.25) is 9.69 Å². The van der Waals surface area contributed by atoms with Crippen LogP contribution in [0.4, 0.5) is 5.13 Å². The van der Waals surface area contributed by atoms with Crippen molar-refractivity contribution in [2.45, 2.75) is 36.1 Å². The van der Waals surface area contributed by atoms with Gasteiger partial charge in [-0.1, -0.05) is 54.2 Å². The number of ether oxygens (including phenoxy) is 2. The van der Waals surface area contributed by atoms with Gasteiger partial charge >= 0.3 is 0 Å². The highest BCUT2D eigenvalue weighted by Gasteiger charge is 2.41. The van der Waals surface area contributed by atoms with Crippen LogP contribution in [-0.4, -0.2) is 50.4 Å². The number of nitrogens with zero attached hydrogens (tertiary/aromatic N) is 3. The molecular formula is C26H27N3O5S3. The van der Waals surface area contributed by atoms with Gasteiger partial charge in [0, 0.05) is 6.54 Å². The van der Waals surface area contributed by atoms with Gasteiger partial charge in [0.05, 0.1) is 20.8 Å². The summed E-state index contributed by atoms with van der Waals surface area (Å²) >= 11 is 2.49. The van der Waals surface area contributed by atoms with Gasteiger partial charge < -0.3 is 9.47 Å². The Morgan fingerprint density at radius 3 is 2.51 bits per heavy atom. The Balaban J connectivity index is 1.59. The van der Waals surface area contributed by atoms with Crippen molar-refractivity contribution in [2.75, 3.05) is 25.7 Å². The number of hydrogen-bond donors (Lipinski definition) is 0. The Labute approximate surface area is 224 Å². The van der Waals surface area contributed by atoms with Gasteiger partial charge in [0.25, 0.3) is 10.0 Å². The molecule has 0 aliphatic carbocycles. The highest BCUT2D eigenvalue weighted by Crippen LogP contribution is 2.41. The van der Waals surface area contributed by atoms with Crippen LogP contribution < -0.4 is 14.4 Å². The maximum absolute atomic E-state index is 14.2. The smallest absolute Gasteiger partial charge is 0.253 e. The summed E-state index contributed by atoms with van der Waals surface area (Å²) in [6.45, 7) is 0.560. The number of carbonyl (C=O) groups is 1. The van der Waals surface area contributed by atoms with Crippen LogP contribution in [0.5, 0.6) is 11.5 Å². The lowest BCUT2D eigenvalue weighted by atomic mass is 10.0. The van der Waals surface area contributed by atoms with Crippen LogP contribution in [0.25, 0.3) is 10.2 Å². The number of aromatic nitrogens is 1. The molecular weight excluding hydrogens is 531 g/mol. The second-order valence-corrected chi connectivity index (χ2v) is 12.7. The molecule has 3 heterocycles. The van der Waals surface area contributed by atoms with E-state index in [-0.39, 0.29) is 16.7 Å². The van der Waals surface area contributed by atoms with E-state index in [9.17, 15) is 13.2 Å². The average molecular weight is 558 g/mol. The molecule has 5 rings (SSSR count). The van der Waals surface area contributed by atoms with Gasteiger partial charge in [-0.2, -0.15) is 4.31 Å². The van der Waals surface area contributed by atoms with Crippen LogP contribution in [0.15, 0.2) is 64.2 Å². The normalized spacial score (nSPS) is 16.5. The Hall–Kier alpha value is -2.99. The number of fused-ring (bicyclic) bond motifs is 1. The summed E-state index contributed by atoms with van der Waals surface area (Å²) in [5.41, 5.74) is 1.51. The number of thiophene rings is 1. The summed E-state index contributed by atoms with van der Waals surface area (Å²) in [7, 11) is -0.642. The van der Waals surface area contributed by atoms with Gasteiger partial charge in [-0.25, -0.2) is 13.4 Å². The molecule has 2 aromatic carbocycles. The first kappa shape index (κ1) is 25.7. The Morgan fingerprint density at radius 1 is 1.05 bits per heavy atom. The van der Waals surface area contributed by atoms with Crippen molar-refractivity contribution in [1.82, 2.24) is 9.29 Å². The van der Waals surface area contributed by atoms with Crippen molar-refractivity contribution in [3.63, 3.8) is 0 Å². The molecule has 11 heteroatoms. The number of methoxy groups -OCH3 is 2. The van der Waals surface area contributed by atoms with Gasteiger partial charge in [0.15, 0.2) is 5.13 Å². The number of anilines is 1. The molecule has 1 aliphatic heterocycles. The number of benzene rings is 2. The number of rotatable bonds is 8. The van der Waals surface area contributed by atoms with Gasteiger partial charge in [-0.15, -0.1) is 11.3 Å². The number of carbonyl (C=O) groups excluding carboxylic acids is 1. The molecule has 1 aliphatic rings. The summed E-state index contributed by atoms with van der Waals surface area (Å²) in [5, 5.41) is 2.20. The molecule has 1 atom stereocenters. The first-order valence-corrected chi connectivity index (χ1v) is 15.0. The van der Waals surface area contributed by atoms with Crippen LogP contribution in [0.2, 0.25) is 0 Å². The highest BCUT2D eigenvalue weighted by molar-refractivity contribution is 7.91. The number of piperidine rings is 1. The number of thiazole rings is 1. The monoisotopic (exact) mass is 557 g/mol. The van der Waals surface area contributed by atoms with E-state index >= 15 is 0 Å². The number of hydrogen-bond acceptors (Lipinski definition) is 8. The zero-order valence-corrected chi connectivity index (χ0v) is 22.9. The SMILES string of the molecule is COc1ccc(OC)c2sc(N(Cc3ccccc3)C(=O)C3CCCCN3S(=O)(=O)c3cccs3)nc12. The van der Waals surface area contributed by atoms with E-state index in [1.165, 1.54) is 15.6 Å². The van der Waals surface area contributed by atoms with Crippen molar-refractivity contribution in [3.8, 4) is 11.5 Å². The fourth-order valence-electron chi connectivity index (χ4n) is 4.54. The lowest BCUT2D eigenvalue weighted by molar-refractivity contribution is -0.123. The van der Waals surface area contributed by atoms with Crippen molar-refractivity contribution in [2.24, 2.45) is 0 Å². The minimum Gasteiger partial charge on any atom is -0.495 e. The quantitative estimate of drug-likeness (QED) is 0.298. The van der Waals surface area contributed by atoms with Crippen LogP contribution in [0.1, 0.15) is 24.8 Å². The molecule has 0 radical (unpaired) electrons. The summed E-state index contributed by atoms with van der Waals surface area (Å²) in [6.07, 6.45) is 1.93. The maximum Gasteiger partial charge on any atom is 0.253 e. The van der Waals surface area contributed by atoms with Crippen LogP contribution in [-0.2, 0) is 21.4 Å². The Morgan fingerprint density at radius 2 is 1.81 bits per heavy atom. The van der Waals surface area contributed by atoms with E-state index in [0.717, 1.165) is 28.0 Å². The molecule has 2 aromatic heterocycles. The second kappa shape index (κ2) is 10.8. The standard InChI is InChI=1S/C26H27N3O5S3/c1-33-20-13-14-21(34-2)24-23(20)27-26(36-24)28(17-18-9-4-3-5-10-18)25(30)19-11-6-7-15-29(19)37(31,32)22-12-8-16-35-22/h3-5,8-10,12-14,16,19H,6-7,11,15,17H2,1-2H3. The number of amides is 1. The lowest BCUT2D eigenvalue weighted by Crippen LogP contribution is -2.52. The lowest BCUT2D eigenvalue weighted by Gasteiger charge is -2.35. The number of sulfonamides is 1. The highest BCUT2D eigenvalue weighted by atomic mass is 32.2. The largest absolute Gasteiger partial charge is 0.495 e. The molecule has 1 unspecified atom stereocenters. The van der Waals surface area contributed by atoms with Gasteiger partial charge in [0.1, 0.15) is 32.0 Å². The molecule has 1 fully saturated rings. The fourth-order valence-corrected chi connectivity index (χ4v) is 8.39. The molecule has 8 nitrogen and oxygen atoms in total. The predicted molar refractivity (Wildman–Crippen MR) is 146 cm³/mol. The molecule has 4 aromatic rings. The fraction of sp³-hybridized carbons (Fsp3) is 0.308. The van der Waals surface area contributed by atoms with Crippen molar-refractivity contribution < 1.29 is 22.7 Å². The zero-order chi connectivity index (χ0) is 26.0. The van der Waals surface area contributed by atoms with E-state index in [0.29, 0.717) is 41.5 Å². The van der Waals surface area contributed by atoms with E-state index in [1.54, 1.807) is 42.7 Å². The maximum atomic E-state index is 14.2. The van der Waals surface area contributed by atoms with Gasteiger partial charge in [0.2, 0.25) is 5.91 Å². The van der Waals surface area contributed by atoms with E-state index < -0.39 is 16.1 Å². The van der Waals surface area contributed by atoms with Crippen LogP contribution in [0.3, 0.4) is 0 Å². The van der Waals surface area contributed by atoms with E-state index in [4.69, 9.17) is 14.5 Å². The first-order chi connectivity index (χ1) is 17.9. The summed E-state index contributed by atoms with van der Waals surface area (Å²) in [4.78, 5) is 20.6. The molecule has 0 N–H and O–H groups in total. The molecule has 0 spiro atoms. The van der Waals surface area contributed by atoms with Crippen molar-refractivity contribution in [3.05, 3.63) is 65.5 Å². The van der Waals surface area contributed by atoms with E-state index in [1.807, 2.05) is 36.4 Å². The molecule has 1 amide bonds. The third-order valence-electron chi connectivity index (χ3n) is 6.38. The van der Waals surface area contributed by atoms with Crippen molar-refractivity contribution >= 4 is 54.0 Å². The Bertz CT molecular complexity index is 1450. The summed E-state index contributed by atoms with van der Waals surface area (Å²) in [6, 6.07) is 15.7.